The van der Waals surface area contributed by atoms with Gasteiger partial charge in [0.05, 0.1) is 5.97 Å². The first kappa shape index (κ1) is 15.9. The monoisotopic (exact) mass is 285 g/mol. The standard InChI is InChI=1S/C11H11N4O2S.Na/c1-14-11(18)15(2)13-9(12-14)7-3-5-8(6-4-7)10(16)17;/h3-6H,1-2H3,(H,16,17);/q;+1/p-1. The molecule has 0 spiro atoms. The summed E-state index contributed by atoms with van der Waals surface area (Å²) in [6, 6.07) is 6.16. The first-order chi connectivity index (χ1) is 8.49. The van der Waals surface area contributed by atoms with E-state index >= 15 is 0 Å². The third-order valence-corrected chi connectivity index (χ3v) is 2.95. The number of nitrogens with zero attached hydrogens (tertiary/aromatic N) is 4. The van der Waals surface area contributed by atoms with Gasteiger partial charge < -0.3 is 9.90 Å². The summed E-state index contributed by atoms with van der Waals surface area (Å²) in [5, 5.41) is 18.4. The minimum absolute atomic E-state index is 0. The van der Waals surface area contributed by atoms with Crippen molar-refractivity contribution >= 4 is 29.1 Å². The SMILES string of the molecule is CN1[N]C(c2ccc(C(=O)[O-])cc2)=NN(C)C1=S.[Na+]. The molecule has 0 fully saturated rings. The second kappa shape index (κ2) is 6.33. The van der Waals surface area contributed by atoms with Crippen molar-refractivity contribution in [2.75, 3.05) is 14.1 Å². The molecule has 0 atom stereocenters. The van der Waals surface area contributed by atoms with Gasteiger partial charge >= 0.3 is 29.6 Å². The first-order valence-corrected chi connectivity index (χ1v) is 5.53. The number of carbonyl (C=O) groups is 1. The molecule has 0 aromatic heterocycles. The van der Waals surface area contributed by atoms with E-state index < -0.39 is 5.97 Å². The Balaban J connectivity index is 0.00000180. The van der Waals surface area contributed by atoms with Crippen LogP contribution in [0.2, 0.25) is 0 Å². The Hall–Kier alpha value is -1.15. The summed E-state index contributed by atoms with van der Waals surface area (Å²) in [6.45, 7) is 0. The van der Waals surface area contributed by atoms with E-state index in [9.17, 15) is 9.90 Å². The summed E-state index contributed by atoms with van der Waals surface area (Å²) in [5.74, 6) is -0.738. The molecule has 0 unspecified atom stereocenters. The topological polar surface area (TPSA) is 73.1 Å². The molecule has 0 saturated carbocycles. The number of thiocarbonyl (C=S) groups is 1. The summed E-state index contributed by atoms with van der Waals surface area (Å²) in [7, 11) is 3.45. The molecular weight excluding hydrogens is 275 g/mol. The molecule has 1 radical (unpaired) electrons. The van der Waals surface area contributed by atoms with Gasteiger partial charge in [-0.25, -0.2) is 10.0 Å². The minimum atomic E-state index is -1.21. The molecule has 6 nitrogen and oxygen atoms in total. The molecule has 93 valence electrons. The third kappa shape index (κ3) is 3.44. The number of aromatic carboxylic acids is 1. The molecule has 1 aliphatic heterocycles. The van der Waals surface area contributed by atoms with Crippen LogP contribution in [0, 0.1) is 0 Å². The molecule has 2 rings (SSSR count). The first-order valence-electron chi connectivity index (χ1n) is 5.12. The van der Waals surface area contributed by atoms with Crippen LogP contribution in [0.25, 0.3) is 0 Å². The normalized spacial score (nSPS) is 14.4. The summed E-state index contributed by atoms with van der Waals surface area (Å²) in [5.41, 5.74) is 5.02. The quantitative estimate of drug-likeness (QED) is 0.415. The van der Waals surface area contributed by atoms with Gasteiger partial charge in [-0.2, -0.15) is 0 Å². The Morgan fingerprint density at radius 2 is 1.79 bits per heavy atom. The molecule has 0 bridgehead atoms. The Bertz CT molecular complexity index is 532. The van der Waals surface area contributed by atoms with Crippen LogP contribution in [0.1, 0.15) is 15.9 Å². The van der Waals surface area contributed by atoms with Crippen molar-refractivity contribution in [2.45, 2.75) is 0 Å². The van der Waals surface area contributed by atoms with Crippen LogP contribution in [0.3, 0.4) is 0 Å². The maximum absolute atomic E-state index is 10.6. The average molecular weight is 285 g/mol. The molecule has 0 N–H and O–H groups in total. The van der Waals surface area contributed by atoms with Crippen molar-refractivity contribution in [3.8, 4) is 0 Å². The van der Waals surface area contributed by atoms with Crippen molar-refractivity contribution in [3.05, 3.63) is 35.4 Å². The predicted molar refractivity (Wildman–Crippen MR) is 67.6 cm³/mol. The third-order valence-electron chi connectivity index (χ3n) is 2.42. The average Bonchev–Trinajstić information content (AvgIpc) is 2.35. The van der Waals surface area contributed by atoms with Crippen LogP contribution in [-0.4, -0.2) is 41.0 Å². The number of carbonyl (C=O) groups excluding carboxylic acids is 1. The Morgan fingerprint density at radius 3 is 2.26 bits per heavy atom. The van der Waals surface area contributed by atoms with Gasteiger partial charge in [0.25, 0.3) is 0 Å². The second-order valence-corrected chi connectivity index (χ2v) is 4.08. The van der Waals surface area contributed by atoms with Crippen molar-refractivity contribution < 1.29 is 39.5 Å². The minimum Gasteiger partial charge on any atom is -0.545 e. The van der Waals surface area contributed by atoms with Crippen molar-refractivity contribution in [1.29, 1.82) is 0 Å². The van der Waals surface area contributed by atoms with Crippen molar-refractivity contribution in [3.63, 3.8) is 0 Å². The van der Waals surface area contributed by atoms with Gasteiger partial charge in [0, 0.05) is 19.7 Å². The number of benzene rings is 1. The summed E-state index contributed by atoms with van der Waals surface area (Å²) in [4.78, 5) is 10.6. The van der Waals surface area contributed by atoms with E-state index in [1.165, 1.54) is 22.2 Å². The smallest absolute Gasteiger partial charge is 0.545 e. The van der Waals surface area contributed by atoms with Gasteiger partial charge in [-0.15, -0.1) is 10.5 Å². The van der Waals surface area contributed by atoms with Gasteiger partial charge in [-0.05, 0) is 17.8 Å². The Kier molecular flexibility index (Phi) is 5.30. The van der Waals surface area contributed by atoms with Crippen LogP contribution < -0.4 is 40.1 Å². The molecule has 0 saturated heterocycles. The van der Waals surface area contributed by atoms with E-state index in [1.807, 2.05) is 0 Å². The fraction of sp³-hybridized carbons (Fsp3) is 0.182. The Labute approximate surface area is 138 Å². The molecule has 0 aliphatic carbocycles. The number of hydrogen-bond acceptors (Lipinski definition) is 4. The number of hydrazone groups is 1. The van der Waals surface area contributed by atoms with E-state index in [-0.39, 0.29) is 35.1 Å². The summed E-state index contributed by atoms with van der Waals surface area (Å²) in [6.07, 6.45) is 0. The zero-order valence-electron chi connectivity index (χ0n) is 10.8. The van der Waals surface area contributed by atoms with E-state index in [1.54, 1.807) is 26.2 Å². The molecule has 1 aromatic rings. The summed E-state index contributed by atoms with van der Waals surface area (Å²) < 4.78 is 0. The summed E-state index contributed by atoms with van der Waals surface area (Å²) >= 11 is 5.07. The van der Waals surface area contributed by atoms with Gasteiger partial charge in [-0.1, -0.05) is 24.3 Å². The molecule has 1 aliphatic rings. The van der Waals surface area contributed by atoms with Crippen molar-refractivity contribution in [2.24, 2.45) is 5.10 Å². The maximum atomic E-state index is 10.6. The molecule has 19 heavy (non-hydrogen) atoms. The maximum Gasteiger partial charge on any atom is 1.00 e. The Morgan fingerprint density at radius 1 is 1.21 bits per heavy atom. The number of amidine groups is 1. The predicted octanol–water partition coefficient (Wildman–Crippen LogP) is -3.60. The van der Waals surface area contributed by atoms with E-state index in [0.717, 1.165) is 0 Å². The number of rotatable bonds is 2. The van der Waals surface area contributed by atoms with Crippen LogP contribution in [-0.2, 0) is 0 Å². The van der Waals surface area contributed by atoms with Crippen molar-refractivity contribution in [1.82, 2.24) is 15.4 Å². The number of carboxylic acids is 1. The van der Waals surface area contributed by atoms with Crippen LogP contribution in [0.15, 0.2) is 29.4 Å². The zero-order chi connectivity index (χ0) is 13.3. The van der Waals surface area contributed by atoms with Gasteiger partial charge in [0.15, 0.2) is 5.84 Å². The van der Waals surface area contributed by atoms with Crippen LogP contribution in [0.4, 0.5) is 0 Å². The zero-order valence-corrected chi connectivity index (χ0v) is 13.6. The van der Waals surface area contributed by atoms with Gasteiger partial charge in [-0.3, -0.25) is 0 Å². The van der Waals surface area contributed by atoms with Crippen LogP contribution in [0.5, 0.6) is 0 Å². The largest absolute Gasteiger partial charge is 1.00 e. The molecular formula is C11H10N4NaO2S. The molecule has 1 heterocycles. The van der Waals surface area contributed by atoms with E-state index in [4.69, 9.17) is 12.2 Å². The fourth-order valence-electron chi connectivity index (χ4n) is 1.47. The second-order valence-electron chi connectivity index (χ2n) is 3.72. The fourth-order valence-corrected chi connectivity index (χ4v) is 1.55. The van der Waals surface area contributed by atoms with Gasteiger partial charge in [0.2, 0.25) is 5.11 Å². The number of carboxylic acid groups (broad SMARTS) is 1. The van der Waals surface area contributed by atoms with Gasteiger partial charge in [0.1, 0.15) is 0 Å². The molecule has 1 aromatic carbocycles. The van der Waals surface area contributed by atoms with Crippen LogP contribution >= 0.6 is 12.2 Å². The molecule has 8 heteroatoms. The number of hydrogen-bond donors (Lipinski definition) is 0. The van der Waals surface area contributed by atoms with E-state index in [2.05, 4.69) is 10.5 Å². The van der Waals surface area contributed by atoms with E-state index in [0.29, 0.717) is 16.5 Å². The molecule has 0 amide bonds.